The molecule has 27 heavy (non-hydrogen) atoms. The number of phenolic OH excluding ortho intramolecular Hbond substituents is 2. The van der Waals surface area contributed by atoms with Gasteiger partial charge in [-0.05, 0) is 36.4 Å². The van der Waals surface area contributed by atoms with E-state index in [0.29, 0.717) is 20.6 Å². The molecular weight excluding hydrogens is 440 g/mol. The van der Waals surface area contributed by atoms with Crippen molar-refractivity contribution in [2.75, 3.05) is 0 Å². The maximum atomic E-state index is 11.0. The van der Waals surface area contributed by atoms with Gasteiger partial charge < -0.3 is 10.2 Å². The van der Waals surface area contributed by atoms with Crippen molar-refractivity contribution in [2.45, 2.75) is 19.6 Å². The summed E-state index contributed by atoms with van der Waals surface area (Å²) in [5.74, 6) is 0.381. The molecule has 0 spiro atoms. The zero-order valence-corrected chi connectivity index (χ0v) is 17.3. The summed E-state index contributed by atoms with van der Waals surface area (Å²) in [6.07, 6.45) is 0. The molecule has 134 valence electrons. The van der Waals surface area contributed by atoms with Crippen LogP contribution in [0, 0.1) is 0 Å². The third-order valence-corrected chi connectivity index (χ3v) is 6.95. The summed E-state index contributed by atoms with van der Waals surface area (Å²) in [6, 6.07) is 25.1. The monoisotopic (exact) mass is 454 g/mol. The SMILES string of the molecule is Oc1c(Sc2ccccc2)c(Sc2ccc(Br)cc2)c(O)c2ccccc12. The maximum absolute atomic E-state index is 11.0. The first-order valence-electron chi connectivity index (χ1n) is 8.26. The molecule has 0 aromatic heterocycles. The summed E-state index contributed by atoms with van der Waals surface area (Å²) in [4.78, 5) is 3.30. The molecule has 2 N–H and O–H groups in total. The Morgan fingerprint density at radius 1 is 0.556 bits per heavy atom. The number of phenols is 2. The van der Waals surface area contributed by atoms with Gasteiger partial charge in [0.2, 0.25) is 0 Å². The summed E-state index contributed by atoms with van der Waals surface area (Å²) >= 11 is 6.34. The minimum absolute atomic E-state index is 0.190. The lowest BCUT2D eigenvalue weighted by atomic mass is 10.1. The standard InChI is InChI=1S/C22H15BrO2S2/c23-14-10-12-16(13-11-14)27-22-20(25)18-9-5-4-8-17(18)19(24)21(22)26-15-6-2-1-3-7-15/h1-13,24-25H. The first-order chi connectivity index (χ1) is 13.1. The molecule has 4 aromatic carbocycles. The van der Waals surface area contributed by atoms with E-state index in [9.17, 15) is 10.2 Å². The van der Waals surface area contributed by atoms with Gasteiger partial charge in [0.15, 0.2) is 0 Å². The van der Waals surface area contributed by atoms with Crippen LogP contribution < -0.4 is 0 Å². The molecule has 0 unspecified atom stereocenters. The van der Waals surface area contributed by atoms with Crippen LogP contribution in [-0.4, -0.2) is 10.2 Å². The van der Waals surface area contributed by atoms with Crippen LogP contribution >= 0.6 is 39.5 Å². The minimum Gasteiger partial charge on any atom is -0.506 e. The molecule has 0 saturated heterocycles. The number of hydrogen-bond acceptors (Lipinski definition) is 4. The van der Waals surface area contributed by atoms with E-state index in [1.165, 1.54) is 23.5 Å². The van der Waals surface area contributed by atoms with Crippen molar-refractivity contribution >= 4 is 50.2 Å². The minimum atomic E-state index is 0.190. The zero-order chi connectivity index (χ0) is 18.8. The summed E-state index contributed by atoms with van der Waals surface area (Å²) in [7, 11) is 0. The van der Waals surface area contributed by atoms with E-state index < -0.39 is 0 Å². The fourth-order valence-corrected chi connectivity index (χ4v) is 5.12. The van der Waals surface area contributed by atoms with Gasteiger partial charge in [0.1, 0.15) is 11.5 Å². The highest BCUT2D eigenvalue weighted by Gasteiger charge is 2.20. The summed E-state index contributed by atoms with van der Waals surface area (Å²) in [5, 5.41) is 23.3. The fourth-order valence-electron chi connectivity index (χ4n) is 2.77. The summed E-state index contributed by atoms with van der Waals surface area (Å²) < 4.78 is 0.997. The molecule has 0 saturated carbocycles. The number of aromatic hydroxyl groups is 2. The van der Waals surface area contributed by atoms with Crippen LogP contribution in [0.4, 0.5) is 0 Å². The average molecular weight is 455 g/mol. The number of fused-ring (bicyclic) bond motifs is 1. The Kier molecular flexibility index (Phi) is 5.34. The summed E-state index contributed by atoms with van der Waals surface area (Å²) in [5.41, 5.74) is 0. The van der Waals surface area contributed by atoms with Crippen molar-refractivity contribution in [3.05, 3.63) is 83.3 Å². The lowest BCUT2D eigenvalue weighted by Gasteiger charge is -2.16. The van der Waals surface area contributed by atoms with Crippen LogP contribution in [0.3, 0.4) is 0 Å². The van der Waals surface area contributed by atoms with Gasteiger partial charge in [-0.25, -0.2) is 0 Å². The summed E-state index contributed by atoms with van der Waals surface area (Å²) in [6.45, 7) is 0. The third-order valence-electron chi connectivity index (χ3n) is 4.07. The van der Waals surface area contributed by atoms with Crippen molar-refractivity contribution in [2.24, 2.45) is 0 Å². The first kappa shape index (κ1) is 18.3. The Labute approximate surface area is 174 Å². The molecule has 0 aliphatic heterocycles. The quantitative estimate of drug-likeness (QED) is 0.317. The maximum Gasteiger partial charge on any atom is 0.138 e. The molecule has 2 nitrogen and oxygen atoms in total. The molecule has 0 aliphatic carbocycles. The Morgan fingerprint density at radius 3 is 1.52 bits per heavy atom. The van der Waals surface area contributed by atoms with Crippen molar-refractivity contribution in [1.82, 2.24) is 0 Å². The molecule has 0 atom stereocenters. The van der Waals surface area contributed by atoms with Crippen molar-refractivity contribution in [3.8, 4) is 11.5 Å². The second-order valence-corrected chi connectivity index (χ2v) is 8.96. The van der Waals surface area contributed by atoms with Gasteiger partial charge in [0, 0.05) is 25.0 Å². The van der Waals surface area contributed by atoms with E-state index >= 15 is 0 Å². The zero-order valence-electron chi connectivity index (χ0n) is 14.1. The van der Waals surface area contributed by atoms with E-state index in [1.807, 2.05) is 78.9 Å². The van der Waals surface area contributed by atoms with Crippen LogP contribution in [-0.2, 0) is 0 Å². The molecule has 0 heterocycles. The van der Waals surface area contributed by atoms with E-state index in [0.717, 1.165) is 14.3 Å². The molecule has 0 radical (unpaired) electrons. The predicted octanol–water partition coefficient (Wildman–Crippen LogP) is 7.32. The van der Waals surface area contributed by atoms with E-state index in [4.69, 9.17) is 0 Å². The average Bonchev–Trinajstić information content (AvgIpc) is 2.71. The van der Waals surface area contributed by atoms with Crippen LogP contribution in [0.1, 0.15) is 0 Å². The van der Waals surface area contributed by atoms with Gasteiger partial charge in [-0.3, -0.25) is 0 Å². The predicted molar refractivity (Wildman–Crippen MR) is 116 cm³/mol. The van der Waals surface area contributed by atoms with E-state index in [1.54, 1.807) is 0 Å². The molecule has 0 aliphatic rings. The fraction of sp³-hybridized carbons (Fsp3) is 0. The number of halogens is 1. The van der Waals surface area contributed by atoms with Crippen LogP contribution in [0.2, 0.25) is 0 Å². The molecule has 0 bridgehead atoms. The Balaban J connectivity index is 1.89. The number of rotatable bonds is 4. The second kappa shape index (κ2) is 7.89. The third kappa shape index (κ3) is 3.81. The van der Waals surface area contributed by atoms with E-state index in [2.05, 4.69) is 15.9 Å². The number of hydrogen-bond donors (Lipinski definition) is 2. The largest absolute Gasteiger partial charge is 0.506 e. The van der Waals surface area contributed by atoms with Gasteiger partial charge in [0.05, 0.1) is 9.79 Å². The van der Waals surface area contributed by atoms with Crippen molar-refractivity contribution in [3.63, 3.8) is 0 Å². The van der Waals surface area contributed by atoms with Crippen LogP contribution in [0.5, 0.6) is 11.5 Å². The highest BCUT2D eigenvalue weighted by molar-refractivity contribution is 9.10. The second-order valence-electron chi connectivity index (χ2n) is 5.87. The lowest BCUT2D eigenvalue weighted by molar-refractivity contribution is 0.445. The van der Waals surface area contributed by atoms with Gasteiger partial charge in [0.25, 0.3) is 0 Å². The lowest BCUT2D eigenvalue weighted by Crippen LogP contribution is -1.87. The Bertz CT molecular complexity index is 1100. The first-order valence-corrected chi connectivity index (χ1v) is 10.7. The highest BCUT2D eigenvalue weighted by atomic mass is 79.9. The van der Waals surface area contributed by atoms with E-state index in [-0.39, 0.29) is 11.5 Å². The van der Waals surface area contributed by atoms with Crippen molar-refractivity contribution in [1.29, 1.82) is 0 Å². The topological polar surface area (TPSA) is 40.5 Å². The van der Waals surface area contributed by atoms with Gasteiger partial charge in [-0.2, -0.15) is 0 Å². The van der Waals surface area contributed by atoms with Crippen LogP contribution in [0.15, 0.2) is 103 Å². The molecular formula is C22H15BrO2S2. The van der Waals surface area contributed by atoms with Crippen molar-refractivity contribution < 1.29 is 10.2 Å². The normalized spacial score (nSPS) is 11.0. The number of benzene rings is 4. The highest BCUT2D eigenvalue weighted by Crippen LogP contribution is 2.52. The van der Waals surface area contributed by atoms with Gasteiger partial charge in [-0.1, -0.05) is 81.9 Å². The molecule has 5 heteroatoms. The van der Waals surface area contributed by atoms with Gasteiger partial charge >= 0.3 is 0 Å². The molecule has 0 amide bonds. The Hall–Kier alpha value is -2.08. The van der Waals surface area contributed by atoms with Crippen LogP contribution in [0.25, 0.3) is 10.8 Å². The molecule has 0 fully saturated rings. The van der Waals surface area contributed by atoms with Gasteiger partial charge in [-0.15, -0.1) is 0 Å². The molecule has 4 aromatic rings. The molecule has 4 rings (SSSR count). The Morgan fingerprint density at radius 2 is 1.00 bits per heavy atom. The smallest absolute Gasteiger partial charge is 0.138 e.